The maximum Gasteiger partial charge on any atom is 0.472 e. The van der Waals surface area contributed by atoms with Gasteiger partial charge in [-0.3, -0.25) is 13.8 Å². The maximum absolute atomic E-state index is 13.1. The fourth-order valence-corrected chi connectivity index (χ4v) is 13.3. The van der Waals surface area contributed by atoms with Crippen LogP contribution in [0.4, 0.5) is 0 Å². The normalized spacial score (nSPS) is 13.4. The summed E-state index contributed by atoms with van der Waals surface area (Å²) in [6, 6.07) is -0.757. The molecule has 0 bridgehead atoms. The highest BCUT2D eigenvalue weighted by Gasteiger charge is 2.28. The number of hydrogen-bond donors (Lipinski definition) is 3. The number of aliphatic hydroxyl groups is 1. The predicted octanol–water partition coefficient (Wildman–Crippen LogP) is 25.1. The first-order valence-corrected chi connectivity index (χ1v) is 40.4. The van der Waals surface area contributed by atoms with E-state index in [0.29, 0.717) is 23.9 Å². The first-order chi connectivity index (χ1) is 41.5. The summed E-state index contributed by atoms with van der Waals surface area (Å²) in [5, 5.41) is 14.2. The molecular formula is C76H156N2O6P+. The van der Waals surface area contributed by atoms with Crippen LogP contribution in [0.15, 0.2) is 0 Å². The molecule has 3 N–H and O–H groups in total. The average molecular weight is 1230 g/mol. The highest BCUT2D eigenvalue weighted by molar-refractivity contribution is 7.47. The SMILES string of the molecule is CCCCCCCCCCCCCCCCCCCCCCCCCCCCCCCCCCCCCCC(=O)NC(COP(=O)(O)OCC[N+](C)(C)C)C(O)CCCCCCCCCCCCCCCCCCCCCCCCCCCCC. The number of aliphatic hydroxyl groups excluding tert-OH is 1. The van der Waals surface area contributed by atoms with E-state index in [4.69, 9.17) is 9.05 Å². The average Bonchev–Trinajstić information content (AvgIpc) is 3.48. The molecule has 510 valence electrons. The molecule has 9 heteroatoms. The Labute approximate surface area is 533 Å². The van der Waals surface area contributed by atoms with E-state index < -0.39 is 20.0 Å². The third kappa shape index (κ3) is 70.8. The number of nitrogens with zero attached hydrogens (tertiary/aromatic N) is 1. The minimum absolute atomic E-state index is 0.0796. The molecule has 0 saturated heterocycles. The van der Waals surface area contributed by atoms with Gasteiger partial charge in [-0.15, -0.1) is 0 Å². The predicted molar refractivity (Wildman–Crippen MR) is 374 cm³/mol. The van der Waals surface area contributed by atoms with E-state index in [2.05, 4.69) is 19.2 Å². The van der Waals surface area contributed by atoms with Gasteiger partial charge in [0.25, 0.3) is 0 Å². The number of amides is 1. The smallest absolute Gasteiger partial charge is 0.391 e. The Morgan fingerprint density at radius 3 is 0.788 bits per heavy atom. The van der Waals surface area contributed by atoms with Crippen LogP contribution in [-0.4, -0.2) is 73.4 Å². The third-order valence-electron chi connectivity index (χ3n) is 18.6. The Hall–Kier alpha value is -0.500. The lowest BCUT2D eigenvalue weighted by Crippen LogP contribution is -2.46. The number of carbonyl (C=O) groups is 1. The van der Waals surface area contributed by atoms with Crippen LogP contribution in [0, 0.1) is 0 Å². The molecule has 0 aliphatic heterocycles. The van der Waals surface area contributed by atoms with Crippen molar-refractivity contribution in [1.82, 2.24) is 5.32 Å². The lowest BCUT2D eigenvalue weighted by atomic mass is 10.0. The maximum atomic E-state index is 13.1. The number of quaternary nitrogens is 1. The Morgan fingerprint density at radius 1 is 0.353 bits per heavy atom. The zero-order valence-electron chi connectivity index (χ0n) is 58.7. The molecule has 0 aromatic rings. The molecule has 0 saturated carbocycles. The second-order valence-electron chi connectivity index (χ2n) is 28.5. The molecule has 0 rings (SSSR count). The number of phosphoric acid groups is 1. The van der Waals surface area contributed by atoms with E-state index in [1.54, 1.807) is 0 Å². The summed E-state index contributed by atoms with van der Waals surface area (Å²) in [5.41, 5.74) is 0. The van der Waals surface area contributed by atoms with Gasteiger partial charge in [-0.2, -0.15) is 0 Å². The van der Waals surface area contributed by atoms with Crippen LogP contribution in [0.2, 0.25) is 0 Å². The zero-order chi connectivity index (χ0) is 61.9. The molecule has 0 aromatic heterocycles. The molecule has 3 unspecified atom stereocenters. The van der Waals surface area contributed by atoms with Gasteiger partial charge in [0.1, 0.15) is 13.2 Å². The number of likely N-dealkylation sites (N-methyl/N-ethyl adjacent to an activating group) is 1. The van der Waals surface area contributed by atoms with E-state index >= 15 is 0 Å². The highest BCUT2D eigenvalue weighted by atomic mass is 31.2. The number of phosphoric ester groups is 1. The number of rotatable bonds is 74. The van der Waals surface area contributed by atoms with Gasteiger partial charge in [-0.05, 0) is 12.8 Å². The largest absolute Gasteiger partial charge is 0.472 e. The molecule has 0 radical (unpaired) electrons. The van der Waals surface area contributed by atoms with Crippen LogP contribution in [0.1, 0.15) is 431 Å². The topological polar surface area (TPSA) is 105 Å². The lowest BCUT2D eigenvalue weighted by molar-refractivity contribution is -0.870. The van der Waals surface area contributed by atoms with Crippen molar-refractivity contribution in [3.63, 3.8) is 0 Å². The quantitative estimate of drug-likeness (QED) is 0.0318. The van der Waals surface area contributed by atoms with Crippen LogP contribution in [-0.2, 0) is 18.4 Å². The minimum Gasteiger partial charge on any atom is -0.391 e. The third-order valence-corrected chi connectivity index (χ3v) is 19.6. The van der Waals surface area contributed by atoms with Crippen LogP contribution in [0.3, 0.4) is 0 Å². The van der Waals surface area contributed by atoms with E-state index in [0.717, 1.165) is 38.5 Å². The number of nitrogens with one attached hydrogen (secondary N) is 1. The molecular weight excluding hydrogens is 1070 g/mol. The molecule has 3 atom stereocenters. The molecule has 0 aliphatic rings. The summed E-state index contributed by atoms with van der Waals surface area (Å²) >= 11 is 0. The molecule has 0 fully saturated rings. The van der Waals surface area contributed by atoms with Gasteiger partial charge in [0.15, 0.2) is 0 Å². The summed E-state index contributed by atoms with van der Waals surface area (Å²) in [7, 11) is 1.65. The zero-order valence-corrected chi connectivity index (χ0v) is 59.6. The number of unbranched alkanes of at least 4 members (excludes halogenated alkanes) is 61. The molecule has 8 nitrogen and oxygen atoms in total. The highest BCUT2D eigenvalue weighted by Crippen LogP contribution is 2.43. The van der Waals surface area contributed by atoms with Gasteiger partial charge >= 0.3 is 7.82 Å². The van der Waals surface area contributed by atoms with Gasteiger partial charge in [0.2, 0.25) is 5.91 Å². The summed E-state index contributed by atoms with van der Waals surface area (Å²) in [4.78, 5) is 23.5. The van der Waals surface area contributed by atoms with Gasteiger partial charge < -0.3 is 19.8 Å². The van der Waals surface area contributed by atoms with Crippen molar-refractivity contribution >= 4 is 13.7 Å². The Balaban J connectivity index is 3.90. The van der Waals surface area contributed by atoms with Crippen LogP contribution in [0.25, 0.3) is 0 Å². The van der Waals surface area contributed by atoms with Crippen molar-refractivity contribution in [3.8, 4) is 0 Å². The first kappa shape index (κ1) is 84.5. The van der Waals surface area contributed by atoms with Crippen molar-refractivity contribution in [2.45, 2.75) is 443 Å². The summed E-state index contributed by atoms with van der Waals surface area (Å²) in [5.74, 6) is -0.132. The number of hydrogen-bond acceptors (Lipinski definition) is 5. The minimum atomic E-state index is -4.33. The van der Waals surface area contributed by atoms with Gasteiger partial charge in [0.05, 0.1) is 39.9 Å². The molecule has 0 aliphatic carbocycles. The first-order valence-electron chi connectivity index (χ1n) is 38.9. The molecule has 85 heavy (non-hydrogen) atoms. The monoisotopic (exact) mass is 1220 g/mol. The Morgan fingerprint density at radius 2 is 0.565 bits per heavy atom. The molecule has 0 spiro atoms. The molecule has 0 aromatic carbocycles. The molecule has 0 heterocycles. The second kappa shape index (κ2) is 67.9. The molecule has 1 amide bonds. The van der Waals surface area contributed by atoms with Crippen molar-refractivity contribution in [1.29, 1.82) is 0 Å². The van der Waals surface area contributed by atoms with Crippen LogP contribution >= 0.6 is 7.82 Å². The van der Waals surface area contributed by atoms with Crippen molar-refractivity contribution in [3.05, 3.63) is 0 Å². The van der Waals surface area contributed by atoms with Gasteiger partial charge in [-0.1, -0.05) is 412 Å². The second-order valence-corrected chi connectivity index (χ2v) is 29.9. The van der Waals surface area contributed by atoms with E-state index in [9.17, 15) is 19.4 Å². The Kier molecular flexibility index (Phi) is 67.5. The van der Waals surface area contributed by atoms with E-state index in [-0.39, 0.29) is 19.1 Å². The van der Waals surface area contributed by atoms with Crippen molar-refractivity contribution in [2.75, 3.05) is 40.9 Å². The van der Waals surface area contributed by atoms with Crippen molar-refractivity contribution < 1.29 is 32.9 Å². The van der Waals surface area contributed by atoms with Gasteiger partial charge in [-0.25, -0.2) is 4.57 Å². The summed E-state index contributed by atoms with van der Waals surface area (Å²) in [6.07, 6.45) is 86.8. The van der Waals surface area contributed by atoms with Crippen LogP contribution < -0.4 is 5.32 Å². The number of carbonyl (C=O) groups excluding carboxylic acids is 1. The fourth-order valence-electron chi connectivity index (χ4n) is 12.6. The lowest BCUT2D eigenvalue weighted by Gasteiger charge is -2.26. The van der Waals surface area contributed by atoms with Gasteiger partial charge in [0, 0.05) is 6.42 Å². The standard InChI is InChI=1S/C76H155N2O6P/c1-6-8-10-12-14-16-18-20-22-24-26-28-30-32-34-35-36-37-38-39-40-41-42-44-46-48-50-52-54-56-58-60-62-64-66-68-70-76(80)77-74(73-84-85(81,82)83-72-71-78(3,4)5)75(79)69-67-65-63-61-59-57-55-53-51-49-47-45-43-33-31-29-27-25-23-21-19-17-15-13-11-9-7-2/h74-75,79H,6-73H2,1-5H3,(H-,77,80,81,82)/p+1. The van der Waals surface area contributed by atoms with E-state index in [1.165, 1.54) is 366 Å². The van der Waals surface area contributed by atoms with E-state index in [1.807, 2.05) is 21.1 Å². The summed E-state index contributed by atoms with van der Waals surface area (Å²) < 4.78 is 23.9. The Bertz CT molecular complexity index is 1350. The fraction of sp³-hybridized carbons (Fsp3) is 0.987. The summed E-state index contributed by atoms with van der Waals surface area (Å²) in [6.45, 7) is 4.98. The van der Waals surface area contributed by atoms with Crippen molar-refractivity contribution in [2.24, 2.45) is 0 Å². The van der Waals surface area contributed by atoms with Crippen LogP contribution in [0.5, 0.6) is 0 Å².